The molecule has 0 saturated carbocycles. The Hall–Kier alpha value is -3.73. The van der Waals surface area contributed by atoms with Crippen LogP contribution >= 0.6 is 0 Å². The van der Waals surface area contributed by atoms with Crippen LogP contribution in [0, 0.1) is 0 Å². The van der Waals surface area contributed by atoms with E-state index in [1.807, 2.05) is 12.3 Å². The lowest BCUT2D eigenvalue weighted by Gasteiger charge is -2.35. The maximum atomic E-state index is 4.87. The molecule has 5 heteroatoms. The minimum atomic E-state index is -0.0675. The van der Waals surface area contributed by atoms with Gasteiger partial charge >= 0.3 is 7.12 Å². The van der Waals surface area contributed by atoms with Gasteiger partial charge in [-0.05, 0) is 59.4 Å². The van der Waals surface area contributed by atoms with Gasteiger partial charge in [0.2, 0.25) is 0 Å². The van der Waals surface area contributed by atoms with Crippen molar-refractivity contribution in [2.75, 3.05) is 14.4 Å². The van der Waals surface area contributed by atoms with Crippen LogP contribution in [0.1, 0.15) is 50.7 Å². The fourth-order valence-electron chi connectivity index (χ4n) is 5.46. The Kier molecular flexibility index (Phi) is 4.87. The average molecular weight is 444 g/mol. The smallest absolute Gasteiger partial charge is 0.343 e. The van der Waals surface area contributed by atoms with Gasteiger partial charge < -0.3 is 14.4 Å². The number of fused-ring (bicyclic) bond motifs is 5. The molecule has 3 heterocycles. The van der Waals surface area contributed by atoms with Crippen LogP contribution in [-0.4, -0.2) is 12.1 Å². The number of para-hydroxylation sites is 4. The second-order valence-electron chi connectivity index (χ2n) is 9.72. The summed E-state index contributed by atoms with van der Waals surface area (Å²) in [5, 5.41) is 0. The lowest BCUT2D eigenvalue weighted by molar-refractivity contribution is 0.833. The topological polar surface area (TPSA) is 22.6 Å². The van der Waals surface area contributed by atoms with Crippen LogP contribution in [-0.2, 0) is 0 Å². The zero-order chi connectivity index (χ0) is 23.4. The zero-order valence-electron chi connectivity index (χ0n) is 20.2. The normalized spacial score (nSPS) is 14.2. The van der Waals surface area contributed by atoms with Crippen molar-refractivity contribution in [1.29, 1.82) is 0 Å². The highest BCUT2D eigenvalue weighted by Crippen LogP contribution is 2.56. The Bertz CT molecular complexity index is 1310. The average Bonchev–Trinajstić information content (AvgIpc) is 3.36. The summed E-state index contributed by atoms with van der Waals surface area (Å²) in [7, 11) is -0.0675. The van der Waals surface area contributed by atoms with Crippen LogP contribution in [0.3, 0.4) is 0 Å². The molecule has 4 nitrogen and oxygen atoms in total. The van der Waals surface area contributed by atoms with E-state index >= 15 is 0 Å². The Labute approximate surface area is 202 Å². The van der Waals surface area contributed by atoms with Crippen LogP contribution in [0.2, 0.25) is 0 Å². The summed E-state index contributed by atoms with van der Waals surface area (Å²) < 4.78 is 0. The van der Waals surface area contributed by atoms with E-state index in [-0.39, 0.29) is 7.12 Å². The molecule has 2 aliphatic heterocycles. The fraction of sp³-hybridized carbons (Fsp3) is 0.207. The molecule has 4 aromatic rings. The molecule has 0 N–H and O–H groups in total. The molecule has 0 unspecified atom stereocenters. The molecule has 168 valence electrons. The first-order valence-electron chi connectivity index (χ1n) is 12.2. The predicted octanol–water partition coefficient (Wildman–Crippen LogP) is 7.75. The quantitative estimate of drug-likeness (QED) is 0.300. The molecule has 0 saturated heterocycles. The van der Waals surface area contributed by atoms with E-state index in [9.17, 15) is 0 Å². The van der Waals surface area contributed by atoms with Gasteiger partial charge in [0.1, 0.15) is 5.82 Å². The highest BCUT2D eigenvalue weighted by molar-refractivity contribution is 6.80. The molecule has 0 fully saturated rings. The summed E-state index contributed by atoms with van der Waals surface area (Å²) in [6.45, 7) is 9.18. The van der Waals surface area contributed by atoms with E-state index in [2.05, 4.69) is 121 Å². The number of aromatic nitrogens is 1. The van der Waals surface area contributed by atoms with E-state index in [1.165, 1.54) is 28.2 Å². The van der Waals surface area contributed by atoms with Gasteiger partial charge in [-0.2, -0.15) is 0 Å². The number of anilines is 6. The zero-order valence-corrected chi connectivity index (χ0v) is 20.2. The number of hydrogen-bond acceptors (Lipinski definition) is 4. The van der Waals surface area contributed by atoms with E-state index in [0.717, 1.165) is 17.2 Å². The SMILES string of the molecule is CC(C)c1cccc(C(C)C)c1N1B2N(c3ccccc31)c1cccnc1N2c1ccccc1. The molecule has 0 radical (unpaired) electrons. The van der Waals surface area contributed by atoms with Crippen molar-refractivity contribution in [3.63, 3.8) is 0 Å². The minimum Gasteiger partial charge on any atom is -0.343 e. The van der Waals surface area contributed by atoms with Gasteiger partial charge in [-0.3, -0.25) is 0 Å². The van der Waals surface area contributed by atoms with Crippen LogP contribution in [0.4, 0.5) is 34.3 Å². The van der Waals surface area contributed by atoms with Gasteiger partial charge in [-0.1, -0.05) is 76.2 Å². The number of rotatable bonds is 4. The molecule has 2 aliphatic rings. The lowest BCUT2D eigenvalue weighted by atomic mass is 9.82. The number of benzene rings is 3. The summed E-state index contributed by atoms with van der Waals surface area (Å²) in [6, 6.07) is 30.5. The molecule has 34 heavy (non-hydrogen) atoms. The molecular formula is C29H29BN4. The van der Waals surface area contributed by atoms with Crippen LogP contribution in [0.5, 0.6) is 0 Å². The number of pyridine rings is 1. The summed E-state index contributed by atoms with van der Waals surface area (Å²) in [6.07, 6.45) is 1.90. The van der Waals surface area contributed by atoms with Gasteiger partial charge in [0, 0.05) is 17.6 Å². The van der Waals surface area contributed by atoms with Crippen molar-refractivity contribution < 1.29 is 0 Å². The maximum Gasteiger partial charge on any atom is 0.520 e. The molecule has 0 amide bonds. The standard InChI is InChI=1S/C29H29BN4/c1-20(2)23-14-10-15-24(21(3)4)28(23)34-26-17-9-8-16-25(26)33-27-18-11-19-31-29(27)32(30(33)34)22-12-6-5-7-13-22/h5-21H,1-4H3. The highest BCUT2D eigenvalue weighted by atomic mass is 15.5. The first-order valence-corrected chi connectivity index (χ1v) is 12.2. The molecule has 1 aromatic heterocycles. The summed E-state index contributed by atoms with van der Waals surface area (Å²) in [5.41, 5.74) is 8.80. The Morgan fingerprint density at radius 1 is 0.588 bits per heavy atom. The van der Waals surface area contributed by atoms with Crippen LogP contribution < -0.4 is 14.4 Å². The van der Waals surface area contributed by atoms with E-state index in [4.69, 9.17) is 4.98 Å². The minimum absolute atomic E-state index is 0.0675. The van der Waals surface area contributed by atoms with Crippen LogP contribution in [0.15, 0.2) is 91.1 Å². The van der Waals surface area contributed by atoms with Crippen LogP contribution in [0.25, 0.3) is 0 Å². The molecule has 0 aliphatic carbocycles. The van der Waals surface area contributed by atoms with Crippen molar-refractivity contribution in [2.45, 2.75) is 39.5 Å². The van der Waals surface area contributed by atoms with E-state index in [0.29, 0.717) is 11.8 Å². The molecule has 3 aromatic carbocycles. The molecule has 6 rings (SSSR count). The number of hydrogen-bond donors (Lipinski definition) is 0. The Balaban J connectivity index is 1.67. The Morgan fingerprint density at radius 3 is 1.82 bits per heavy atom. The monoisotopic (exact) mass is 444 g/mol. The first-order chi connectivity index (χ1) is 16.6. The summed E-state index contributed by atoms with van der Waals surface area (Å²) in [5.74, 6) is 1.80. The second-order valence-corrected chi connectivity index (χ2v) is 9.72. The molecule has 0 spiro atoms. The third kappa shape index (κ3) is 2.96. The van der Waals surface area contributed by atoms with Crippen molar-refractivity contribution in [2.24, 2.45) is 0 Å². The maximum absolute atomic E-state index is 4.87. The van der Waals surface area contributed by atoms with Crippen molar-refractivity contribution >= 4 is 41.4 Å². The van der Waals surface area contributed by atoms with Gasteiger partial charge in [0.05, 0.1) is 17.1 Å². The van der Waals surface area contributed by atoms with Gasteiger partial charge in [-0.25, -0.2) is 4.98 Å². The van der Waals surface area contributed by atoms with Crippen molar-refractivity contribution in [3.05, 3.63) is 102 Å². The third-order valence-electron chi connectivity index (χ3n) is 6.97. The summed E-state index contributed by atoms with van der Waals surface area (Å²) >= 11 is 0. The fourth-order valence-corrected chi connectivity index (χ4v) is 5.46. The highest BCUT2D eigenvalue weighted by Gasteiger charge is 2.54. The van der Waals surface area contributed by atoms with Crippen molar-refractivity contribution in [1.82, 2.24) is 4.98 Å². The van der Waals surface area contributed by atoms with Gasteiger partial charge in [0.15, 0.2) is 0 Å². The van der Waals surface area contributed by atoms with E-state index < -0.39 is 0 Å². The van der Waals surface area contributed by atoms with Gasteiger partial charge in [0.25, 0.3) is 0 Å². The van der Waals surface area contributed by atoms with E-state index in [1.54, 1.807) is 0 Å². The predicted molar refractivity (Wildman–Crippen MR) is 144 cm³/mol. The molecule has 0 atom stereocenters. The lowest BCUT2D eigenvalue weighted by Crippen LogP contribution is -2.52. The second kappa shape index (κ2) is 7.95. The third-order valence-corrected chi connectivity index (χ3v) is 6.97. The summed E-state index contributed by atoms with van der Waals surface area (Å²) in [4.78, 5) is 12.3. The number of nitrogens with zero attached hydrogens (tertiary/aromatic N) is 4. The largest absolute Gasteiger partial charge is 0.520 e. The Morgan fingerprint density at radius 2 is 1.18 bits per heavy atom. The molecular weight excluding hydrogens is 415 g/mol. The van der Waals surface area contributed by atoms with Crippen molar-refractivity contribution in [3.8, 4) is 0 Å². The first kappa shape index (κ1) is 20.9. The van der Waals surface area contributed by atoms with Gasteiger partial charge in [-0.15, -0.1) is 0 Å². The molecule has 0 bridgehead atoms.